The van der Waals surface area contributed by atoms with Gasteiger partial charge in [-0.3, -0.25) is 0 Å². The maximum Gasteiger partial charge on any atom is 0.225 e. The molecule has 0 aliphatic heterocycles. The number of hydrogen-bond donors (Lipinski definition) is 1. The van der Waals surface area contributed by atoms with Crippen molar-refractivity contribution in [2.45, 2.75) is 13.0 Å². The zero-order valence-corrected chi connectivity index (χ0v) is 16.9. The lowest BCUT2D eigenvalue weighted by Gasteiger charge is -2.26. The number of ether oxygens (including phenoxy) is 3. The first-order chi connectivity index (χ1) is 14.1. The second-order valence-corrected chi connectivity index (χ2v) is 6.40. The van der Waals surface area contributed by atoms with E-state index < -0.39 is 6.10 Å². The van der Waals surface area contributed by atoms with Crippen molar-refractivity contribution in [1.82, 2.24) is 4.98 Å². The van der Waals surface area contributed by atoms with Crippen LogP contribution in [-0.4, -0.2) is 50.1 Å². The van der Waals surface area contributed by atoms with Gasteiger partial charge in [-0.2, -0.15) is 0 Å². The third-order valence-corrected chi connectivity index (χ3v) is 4.52. The van der Waals surface area contributed by atoms with Crippen LogP contribution in [0.25, 0.3) is 11.5 Å². The summed E-state index contributed by atoms with van der Waals surface area (Å²) in [7, 11) is 3.21. The van der Waals surface area contributed by atoms with E-state index in [9.17, 15) is 5.11 Å². The van der Waals surface area contributed by atoms with Crippen LogP contribution >= 0.6 is 0 Å². The van der Waals surface area contributed by atoms with Gasteiger partial charge < -0.3 is 28.6 Å². The van der Waals surface area contributed by atoms with Crippen LogP contribution in [0.15, 0.2) is 59.3 Å². The molecule has 0 amide bonds. The average Bonchev–Trinajstić information content (AvgIpc) is 3.31. The highest BCUT2D eigenvalue weighted by Gasteiger charge is 2.14. The maximum absolute atomic E-state index is 10.5. The highest BCUT2D eigenvalue weighted by atomic mass is 16.5. The number of benzene rings is 2. The van der Waals surface area contributed by atoms with Gasteiger partial charge in [-0.25, -0.2) is 4.98 Å². The summed E-state index contributed by atoms with van der Waals surface area (Å²) in [5, 5.41) is 10.5. The third kappa shape index (κ3) is 5.20. The van der Waals surface area contributed by atoms with Crippen molar-refractivity contribution in [3.8, 4) is 28.7 Å². The molecule has 1 atom stereocenters. The predicted octanol–water partition coefficient (Wildman–Crippen LogP) is 3.63. The minimum absolute atomic E-state index is 0.183. The summed E-state index contributed by atoms with van der Waals surface area (Å²) in [6.45, 7) is 3.38. The number of likely N-dealkylation sites (N-methyl/N-ethyl adjacent to an activating group) is 1. The standard InChI is InChI=1S/C22H26N2O5/c1-4-24(17-7-10-20(26-2)21(13-17)27-3)14-18(25)15-29-19-8-5-16(6-9-19)22-23-11-12-28-22/h5-13,18,25H,4,14-15H2,1-3H3. The topological polar surface area (TPSA) is 77.2 Å². The molecule has 154 valence electrons. The van der Waals surface area contributed by atoms with Gasteiger partial charge in [-0.15, -0.1) is 0 Å². The van der Waals surface area contributed by atoms with Crippen LogP contribution in [0.4, 0.5) is 5.69 Å². The summed E-state index contributed by atoms with van der Waals surface area (Å²) in [6.07, 6.45) is 2.48. The Hall–Kier alpha value is -3.19. The molecule has 7 nitrogen and oxygen atoms in total. The predicted molar refractivity (Wildman–Crippen MR) is 111 cm³/mol. The van der Waals surface area contributed by atoms with Gasteiger partial charge in [0.05, 0.1) is 20.4 Å². The summed E-state index contributed by atoms with van der Waals surface area (Å²) in [4.78, 5) is 6.17. The van der Waals surface area contributed by atoms with Crippen molar-refractivity contribution in [1.29, 1.82) is 0 Å². The minimum Gasteiger partial charge on any atom is -0.493 e. The van der Waals surface area contributed by atoms with Crippen LogP contribution in [0.3, 0.4) is 0 Å². The monoisotopic (exact) mass is 398 g/mol. The second-order valence-electron chi connectivity index (χ2n) is 6.40. The number of aliphatic hydroxyl groups is 1. The van der Waals surface area contributed by atoms with Crippen molar-refractivity contribution < 1.29 is 23.7 Å². The molecular weight excluding hydrogens is 372 g/mol. The number of methoxy groups -OCH3 is 2. The summed E-state index contributed by atoms with van der Waals surface area (Å²) >= 11 is 0. The fourth-order valence-corrected chi connectivity index (χ4v) is 3.00. The Bertz CT molecular complexity index is 881. The molecule has 1 heterocycles. The van der Waals surface area contributed by atoms with Gasteiger partial charge in [0.2, 0.25) is 5.89 Å². The van der Waals surface area contributed by atoms with Gasteiger partial charge in [0.15, 0.2) is 11.5 Å². The first-order valence-electron chi connectivity index (χ1n) is 9.42. The van der Waals surface area contributed by atoms with Gasteiger partial charge in [0, 0.05) is 30.4 Å². The molecule has 0 fully saturated rings. The summed E-state index contributed by atoms with van der Waals surface area (Å²) in [6, 6.07) is 13.1. The molecule has 3 rings (SSSR count). The Kier molecular flexibility index (Phi) is 6.97. The maximum atomic E-state index is 10.5. The zero-order chi connectivity index (χ0) is 20.6. The quantitative estimate of drug-likeness (QED) is 0.559. The van der Waals surface area contributed by atoms with Gasteiger partial charge >= 0.3 is 0 Å². The fourth-order valence-electron chi connectivity index (χ4n) is 3.00. The first kappa shape index (κ1) is 20.5. The molecule has 1 N–H and O–H groups in total. The molecule has 0 aliphatic carbocycles. The normalized spacial score (nSPS) is 11.7. The molecule has 0 spiro atoms. The van der Waals surface area contributed by atoms with Crippen LogP contribution in [0.5, 0.6) is 17.2 Å². The Morgan fingerprint density at radius 1 is 1.07 bits per heavy atom. The Labute approximate surface area is 170 Å². The number of aliphatic hydroxyl groups excluding tert-OH is 1. The molecule has 3 aromatic rings. The van der Waals surface area contributed by atoms with Gasteiger partial charge in [-0.1, -0.05) is 0 Å². The molecule has 0 aliphatic rings. The van der Waals surface area contributed by atoms with Crippen LogP contribution in [0.2, 0.25) is 0 Å². The molecule has 7 heteroatoms. The zero-order valence-electron chi connectivity index (χ0n) is 16.9. The van der Waals surface area contributed by atoms with Crippen molar-refractivity contribution in [2.75, 3.05) is 38.8 Å². The number of oxazole rings is 1. The number of nitrogens with zero attached hydrogens (tertiary/aromatic N) is 2. The van der Waals surface area contributed by atoms with E-state index in [0.29, 0.717) is 29.7 Å². The lowest BCUT2D eigenvalue weighted by Crippen LogP contribution is -2.35. The Morgan fingerprint density at radius 3 is 2.45 bits per heavy atom. The third-order valence-electron chi connectivity index (χ3n) is 4.52. The van der Waals surface area contributed by atoms with Crippen LogP contribution in [0.1, 0.15) is 6.92 Å². The molecule has 29 heavy (non-hydrogen) atoms. The lowest BCUT2D eigenvalue weighted by atomic mass is 10.2. The number of hydrogen-bond acceptors (Lipinski definition) is 7. The lowest BCUT2D eigenvalue weighted by molar-refractivity contribution is 0.112. The van der Waals surface area contributed by atoms with Crippen molar-refractivity contribution in [3.63, 3.8) is 0 Å². The molecule has 0 bridgehead atoms. The number of rotatable bonds is 10. The number of aromatic nitrogens is 1. The molecule has 0 saturated heterocycles. The van der Waals surface area contributed by atoms with Gasteiger partial charge in [0.25, 0.3) is 0 Å². The summed E-state index contributed by atoms with van der Waals surface area (Å²) < 4.78 is 21.7. The van der Waals surface area contributed by atoms with E-state index in [1.165, 1.54) is 6.26 Å². The van der Waals surface area contributed by atoms with E-state index in [-0.39, 0.29) is 6.61 Å². The molecule has 0 radical (unpaired) electrons. The van der Waals surface area contributed by atoms with E-state index in [0.717, 1.165) is 17.8 Å². The molecular formula is C22H26N2O5. The average molecular weight is 398 g/mol. The van der Waals surface area contributed by atoms with Gasteiger partial charge in [0.1, 0.15) is 24.7 Å². The van der Waals surface area contributed by atoms with E-state index in [1.54, 1.807) is 20.4 Å². The largest absolute Gasteiger partial charge is 0.493 e. The molecule has 0 saturated carbocycles. The van der Waals surface area contributed by atoms with Crippen LogP contribution in [-0.2, 0) is 0 Å². The molecule has 1 unspecified atom stereocenters. The second kappa shape index (κ2) is 9.84. The SMILES string of the molecule is CCN(CC(O)COc1ccc(-c2ncco2)cc1)c1ccc(OC)c(OC)c1. The Balaban J connectivity index is 1.57. The van der Waals surface area contributed by atoms with Crippen molar-refractivity contribution >= 4 is 5.69 Å². The highest BCUT2D eigenvalue weighted by molar-refractivity contribution is 5.56. The summed E-state index contributed by atoms with van der Waals surface area (Å²) in [5.74, 6) is 2.56. The van der Waals surface area contributed by atoms with Gasteiger partial charge in [-0.05, 0) is 43.3 Å². The van der Waals surface area contributed by atoms with E-state index in [1.807, 2.05) is 49.4 Å². The molecule has 2 aromatic carbocycles. The number of anilines is 1. The fraction of sp³-hybridized carbons (Fsp3) is 0.318. The first-order valence-corrected chi connectivity index (χ1v) is 9.42. The van der Waals surface area contributed by atoms with Crippen molar-refractivity contribution in [3.05, 3.63) is 54.9 Å². The van der Waals surface area contributed by atoms with Crippen molar-refractivity contribution in [2.24, 2.45) is 0 Å². The minimum atomic E-state index is -0.658. The van der Waals surface area contributed by atoms with E-state index in [4.69, 9.17) is 18.6 Å². The Morgan fingerprint density at radius 2 is 1.83 bits per heavy atom. The highest BCUT2D eigenvalue weighted by Crippen LogP contribution is 2.31. The van der Waals surface area contributed by atoms with E-state index >= 15 is 0 Å². The van der Waals surface area contributed by atoms with Crippen LogP contribution < -0.4 is 19.1 Å². The molecule has 1 aromatic heterocycles. The van der Waals surface area contributed by atoms with E-state index in [2.05, 4.69) is 9.88 Å². The van der Waals surface area contributed by atoms with Crippen LogP contribution in [0, 0.1) is 0 Å². The smallest absolute Gasteiger partial charge is 0.225 e. The summed E-state index contributed by atoms with van der Waals surface area (Å²) in [5.41, 5.74) is 1.81.